The average Bonchev–Trinajstić information content (AvgIpc) is 2.61. The summed E-state index contributed by atoms with van der Waals surface area (Å²) in [5, 5.41) is 3.45. The molecule has 1 unspecified atom stereocenters. The summed E-state index contributed by atoms with van der Waals surface area (Å²) in [5.41, 5.74) is 0. The fourth-order valence-electron chi connectivity index (χ4n) is 2.50. The fourth-order valence-corrected chi connectivity index (χ4v) is 4.12. The molecular formula is C10H20N2O2S. The van der Waals surface area contributed by atoms with Crippen LogP contribution in [0.5, 0.6) is 0 Å². The first-order chi connectivity index (χ1) is 7.07. The molecule has 2 atom stereocenters. The molecule has 1 N–H and O–H groups in total. The fraction of sp³-hybridized carbons (Fsp3) is 1.00. The van der Waals surface area contributed by atoms with Gasteiger partial charge in [-0.1, -0.05) is 0 Å². The van der Waals surface area contributed by atoms with Crippen molar-refractivity contribution in [2.45, 2.75) is 31.8 Å². The normalized spacial score (nSPS) is 36.9. The lowest BCUT2D eigenvalue weighted by molar-refractivity contribution is 0.207. The molecule has 0 bridgehead atoms. The Morgan fingerprint density at radius 2 is 2.27 bits per heavy atom. The molecule has 0 radical (unpaired) electrons. The largest absolute Gasteiger partial charge is 0.313 e. The van der Waals surface area contributed by atoms with Crippen LogP contribution in [0.25, 0.3) is 0 Å². The molecule has 0 aliphatic carbocycles. The van der Waals surface area contributed by atoms with Gasteiger partial charge in [-0.2, -0.15) is 0 Å². The van der Waals surface area contributed by atoms with Crippen molar-refractivity contribution in [1.82, 2.24) is 10.2 Å². The van der Waals surface area contributed by atoms with Gasteiger partial charge in [0.1, 0.15) is 0 Å². The first kappa shape index (κ1) is 11.4. The smallest absolute Gasteiger partial charge is 0.153 e. The topological polar surface area (TPSA) is 49.4 Å². The number of rotatable bonds is 2. The Labute approximate surface area is 91.9 Å². The lowest BCUT2D eigenvalue weighted by Gasteiger charge is -2.34. The highest BCUT2D eigenvalue weighted by molar-refractivity contribution is 7.91. The molecule has 0 aromatic rings. The molecule has 2 aliphatic heterocycles. The van der Waals surface area contributed by atoms with Gasteiger partial charge in [0.15, 0.2) is 9.84 Å². The number of hydrogen-bond acceptors (Lipinski definition) is 4. The molecule has 0 aromatic heterocycles. The van der Waals surface area contributed by atoms with Gasteiger partial charge in [-0.15, -0.1) is 0 Å². The molecule has 2 rings (SSSR count). The van der Waals surface area contributed by atoms with Gasteiger partial charge < -0.3 is 5.32 Å². The minimum absolute atomic E-state index is 0.186. The zero-order valence-corrected chi connectivity index (χ0v) is 10.1. The maximum absolute atomic E-state index is 11.4. The predicted octanol–water partition coefficient (Wildman–Crippen LogP) is -0.143. The van der Waals surface area contributed by atoms with E-state index in [1.165, 1.54) is 12.8 Å². The highest BCUT2D eigenvalue weighted by Gasteiger charge is 2.29. The average molecular weight is 232 g/mol. The van der Waals surface area contributed by atoms with Gasteiger partial charge in [0, 0.05) is 25.2 Å². The lowest BCUT2D eigenvalue weighted by atomic mass is 10.2. The number of nitrogens with one attached hydrogen (secondary N) is 1. The van der Waals surface area contributed by atoms with Gasteiger partial charge >= 0.3 is 0 Å². The SMILES string of the molecule is CC1CS(=O)(=O)CCN1C[C@H]1CCCN1. The van der Waals surface area contributed by atoms with Crippen LogP contribution in [0.15, 0.2) is 0 Å². The molecule has 5 heteroatoms. The molecule has 15 heavy (non-hydrogen) atoms. The second-order valence-electron chi connectivity index (χ2n) is 4.75. The lowest BCUT2D eigenvalue weighted by Crippen LogP contribution is -2.50. The first-order valence-electron chi connectivity index (χ1n) is 5.75. The number of sulfone groups is 1. The molecule has 2 heterocycles. The highest BCUT2D eigenvalue weighted by atomic mass is 32.2. The van der Waals surface area contributed by atoms with Crippen molar-refractivity contribution in [2.24, 2.45) is 0 Å². The maximum atomic E-state index is 11.4. The standard InChI is InChI=1S/C10H20N2O2S/c1-9-8-15(13,14)6-5-12(9)7-10-3-2-4-11-10/h9-11H,2-8H2,1H3/t9?,10-/m1/s1. The molecule has 4 nitrogen and oxygen atoms in total. The highest BCUT2D eigenvalue weighted by Crippen LogP contribution is 2.14. The van der Waals surface area contributed by atoms with Gasteiger partial charge in [0.2, 0.25) is 0 Å². The minimum Gasteiger partial charge on any atom is -0.313 e. The molecule has 2 aliphatic rings. The van der Waals surface area contributed by atoms with Crippen LogP contribution in [-0.4, -0.2) is 56.5 Å². The van der Waals surface area contributed by atoms with Crippen LogP contribution in [0.4, 0.5) is 0 Å². The van der Waals surface area contributed by atoms with Crippen LogP contribution >= 0.6 is 0 Å². The van der Waals surface area contributed by atoms with Gasteiger partial charge in [-0.05, 0) is 26.3 Å². The molecule has 2 saturated heterocycles. The van der Waals surface area contributed by atoms with Crippen molar-refractivity contribution in [1.29, 1.82) is 0 Å². The summed E-state index contributed by atoms with van der Waals surface area (Å²) in [5.74, 6) is 0.670. The molecule has 88 valence electrons. The van der Waals surface area contributed by atoms with E-state index in [9.17, 15) is 8.42 Å². The van der Waals surface area contributed by atoms with Crippen LogP contribution in [0.2, 0.25) is 0 Å². The van der Waals surface area contributed by atoms with Crippen LogP contribution in [0.3, 0.4) is 0 Å². The van der Waals surface area contributed by atoms with Gasteiger partial charge in [0.05, 0.1) is 11.5 Å². The van der Waals surface area contributed by atoms with Crippen LogP contribution in [-0.2, 0) is 9.84 Å². The Kier molecular flexibility index (Phi) is 3.33. The molecule has 0 aromatic carbocycles. The molecule has 0 spiro atoms. The van der Waals surface area contributed by atoms with Crippen LogP contribution in [0, 0.1) is 0 Å². The van der Waals surface area contributed by atoms with E-state index < -0.39 is 9.84 Å². The second-order valence-corrected chi connectivity index (χ2v) is 6.98. The van der Waals surface area contributed by atoms with Crippen LogP contribution in [0.1, 0.15) is 19.8 Å². The second kappa shape index (κ2) is 4.39. The van der Waals surface area contributed by atoms with Crippen molar-refractivity contribution in [2.75, 3.05) is 31.1 Å². The van der Waals surface area contributed by atoms with E-state index in [1.807, 2.05) is 6.92 Å². The Morgan fingerprint density at radius 1 is 1.47 bits per heavy atom. The number of nitrogens with zero attached hydrogens (tertiary/aromatic N) is 1. The van der Waals surface area contributed by atoms with E-state index in [2.05, 4.69) is 10.2 Å². The van der Waals surface area contributed by atoms with Crippen molar-refractivity contribution < 1.29 is 8.42 Å². The van der Waals surface area contributed by atoms with E-state index in [1.54, 1.807) is 0 Å². The summed E-state index contributed by atoms with van der Waals surface area (Å²) in [6.45, 7) is 4.86. The third-order valence-corrected chi connectivity index (χ3v) is 5.22. The quantitative estimate of drug-likeness (QED) is 0.720. The van der Waals surface area contributed by atoms with Crippen molar-refractivity contribution in [3.05, 3.63) is 0 Å². The third-order valence-electron chi connectivity index (χ3n) is 3.43. The maximum Gasteiger partial charge on any atom is 0.153 e. The van der Waals surface area contributed by atoms with E-state index in [0.717, 1.165) is 13.1 Å². The Hall–Kier alpha value is -0.130. The summed E-state index contributed by atoms with van der Waals surface area (Å²) < 4.78 is 22.8. The summed E-state index contributed by atoms with van der Waals surface area (Å²) in [7, 11) is -2.76. The Balaban J connectivity index is 1.88. The minimum atomic E-state index is -2.76. The van der Waals surface area contributed by atoms with Crippen molar-refractivity contribution in [3.63, 3.8) is 0 Å². The van der Waals surface area contributed by atoms with E-state index >= 15 is 0 Å². The predicted molar refractivity (Wildman–Crippen MR) is 60.7 cm³/mol. The summed E-state index contributed by atoms with van der Waals surface area (Å²) in [4.78, 5) is 2.31. The van der Waals surface area contributed by atoms with E-state index in [4.69, 9.17) is 0 Å². The third kappa shape index (κ3) is 2.92. The molecule has 0 amide bonds. The van der Waals surface area contributed by atoms with Gasteiger partial charge in [-0.25, -0.2) is 8.42 Å². The summed E-state index contributed by atoms with van der Waals surface area (Å²) in [6.07, 6.45) is 2.49. The Morgan fingerprint density at radius 3 is 2.87 bits per heavy atom. The monoisotopic (exact) mass is 232 g/mol. The van der Waals surface area contributed by atoms with Crippen molar-refractivity contribution >= 4 is 9.84 Å². The van der Waals surface area contributed by atoms with E-state index in [0.29, 0.717) is 24.1 Å². The Bertz CT molecular complexity index is 309. The zero-order valence-electron chi connectivity index (χ0n) is 9.28. The number of hydrogen-bond donors (Lipinski definition) is 1. The van der Waals surface area contributed by atoms with Crippen LogP contribution < -0.4 is 5.32 Å². The first-order valence-corrected chi connectivity index (χ1v) is 7.57. The zero-order chi connectivity index (χ0) is 10.9. The molecule has 0 saturated carbocycles. The molecule has 2 fully saturated rings. The summed E-state index contributed by atoms with van der Waals surface area (Å²) >= 11 is 0. The van der Waals surface area contributed by atoms with Gasteiger partial charge in [0.25, 0.3) is 0 Å². The molecular weight excluding hydrogens is 212 g/mol. The van der Waals surface area contributed by atoms with Gasteiger partial charge in [-0.3, -0.25) is 4.90 Å². The van der Waals surface area contributed by atoms with Crippen molar-refractivity contribution in [3.8, 4) is 0 Å². The van der Waals surface area contributed by atoms with E-state index in [-0.39, 0.29) is 6.04 Å². The summed E-state index contributed by atoms with van der Waals surface area (Å²) in [6, 6.07) is 0.763.